The first-order chi connectivity index (χ1) is 0. The van der Waals surface area contributed by atoms with Crippen LogP contribution in [0.3, 0.4) is 0 Å². The predicted molar refractivity (Wildman–Crippen MR) is 17.5 cm³/mol. The second kappa shape index (κ2) is 17.6. The summed E-state index contributed by atoms with van der Waals surface area (Å²) in [5, 5.41) is 0. The summed E-state index contributed by atoms with van der Waals surface area (Å²) in [5.74, 6) is 0. The molecule has 0 aromatic rings. The molecule has 0 spiro atoms. The fraction of sp³-hybridized carbons (Fsp3) is 0. The third kappa shape index (κ3) is 8.82. The molecule has 0 amide bonds. The average Bonchev–Trinajstić information content (AvgIpc) is 0. The van der Waals surface area contributed by atoms with Crippen molar-refractivity contribution >= 4 is 55.4 Å². The summed E-state index contributed by atoms with van der Waals surface area (Å²) < 4.78 is 0. The maximum Gasteiger partial charge on any atom is 4.00 e. The Bertz CT molecular complexity index is 8.00. The molecule has 0 rings (SSSR count). The molecule has 1 atom stereocenters. The summed E-state index contributed by atoms with van der Waals surface area (Å²) in [5.41, 5.74) is 0. The Morgan fingerprint density at radius 3 is 1.00 bits per heavy atom. The van der Waals surface area contributed by atoms with Gasteiger partial charge in [0.1, 0.15) is 0 Å². The number of hydrogen-bond donors (Lipinski definition) is 0. The zero-order valence-electron chi connectivity index (χ0n) is 2.32. The number of hydrogen-bond acceptors (Lipinski definition) is 0. The first-order valence-corrected chi connectivity index (χ1v) is 0. The van der Waals surface area contributed by atoms with Crippen molar-refractivity contribution in [1.29, 1.82) is 0 Å². The molecular formula is H3OPSrTi+4. The summed E-state index contributed by atoms with van der Waals surface area (Å²) in [4.78, 5) is 0. The first-order valence-electron chi connectivity index (χ1n) is 0. The van der Waals surface area contributed by atoms with E-state index < -0.39 is 0 Å². The van der Waals surface area contributed by atoms with Crippen LogP contribution in [0, 0.1) is 0 Å². The molecule has 0 N–H and O–H groups in total. The molecule has 0 aromatic carbocycles. The average molecular weight is 185 g/mol. The van der Waals surface area contributed by atoms with Crippen LogP contribution < -0.4 is 0 Å². The smallest absolute Gasteiger partial charge is 2.00 e. The molecule has 16 valence electrons. The monoisotopic (exact) mass is 186 g/mol. The topological polar surface area (TPSA) is 28.5 Å². The molecule has 1 nitrogen and oxygen atoms in total. The van der Waals surface area contributed by atoms with Crippen LogP contribution in [0.4, 0.5) is 0 Å². The van der Waals surface area contributed by atoms with Gasteiger partial charge in [-0.15, -0.1) is 0 Å². The van der Waals surface area contributed by atoms with Gasteiger partial charge in [-0.1, -0.05) is 0 Å². The molecule has 1 unspecified atom stereocenters. The van der Waals surface area contributed by atoms with Crippen LogP contribution in [0.15, 0.2) is 0 Å². The summed E-state index contributed by atoms with van der Waals surface area (Å²) in [6.07, 6.45) is 0. The van der Waals surface area contributed by atoms with Crippen LogP contribution in [0.5, 0.6) is 0 Å². The molecule has 0 bridgehead atoms. The van der Waals surface area contributed by atoms with Gasteiger partial charge in [-0.05, 0) is 0 Å². The van der Waals surface area contributed by atoms with E-state index >= 15 is 0 Å². The Morgan fingerprint density at radius 2 is 1.00 bits per heavy atom. The van der Waals surface area contributed by atoms with Gasteiger partial charge in [0.05, 0.1) is 0 Å². The van der Waals surface area contributed by atoms with Gasteiger partial charge < -0.3 is 5.48 Å². The molecule has 0 heterocycles. The zero-order valence-corrected chi connectivity index (χ0v) is 8.77. The Kier molecular flexibility index (Phi) is 135. The summed E-state index contributed by atoms with van der Waals surface area (Å²) in [6, 6.07) is 0. The SMILES string of the molecule is P.[O-2].[Sr+2].[Ti+4]. The fourth-order valence-electron chi connectivity index (χ4n) is 0. The van der Waals surface area contributed by atoms with E-state index in [1.165, 1.54) is 0 Å². The van der Waals surface area contributed by atoms with Gasteiger partial charge in [0.15, 0.2) is 0 Å². The van der Waals surface area contributed by atoms with Crippen molar-refractivity contribution in [2.45, 2.75) is 0 Å². The van der Waals surface area contributed by atoms with Crippen LogP contribution in [-0.4, -0.2) is 45.5 Å². The minimum atomic E-state index is 0. The van der Waals surface area contributed by atoms with Crippen molar-refractivity contribution in [3.63, 3.8) is 0 Å². The van der Waals surface area contributed by atoms with E-state index in [1.54, 1.807) is 0 Å². The molecule has 0 radical (unpaired) electrons. The summed E-state index contributed by atoms with van der Waals surface area (Å²) >= 11 is 0. The van der Waals surface area contributed by atoms with Crippen molar-refractivity contribution in [1.82, 2.24) is 0 Å². The van der Waals surface area contributed by atoms with E-state index in [0.29, 0.717) is 0 Å². The Morgan fingerprint density at radius 1 is 1.00 bits per heavy atom. The second-order valence-corrected chi connectivity index (χ2v) is 0. The van der Waals surface area contributed by atoms with E-state index in [2.05, 4.69) is 0 Å². The minimum absolute atomic E-state index is 0. The predicted octanol–water partition coefficient (Wildman–Crippen LogP) is -0.444. The van der Waals surface area contributed by atoms with Gasteiger partial charge in [-0.3, -0.25) is 0 Å². The van der Waals surface area contributed by atoms with Crippen molar-refractivity contribution in [3.05, 3.63) is 0 Å². The van der Waals surface area contributed by atoms with Crippen LogP contribution >= 0.6 is 9.90 Å². The van der Waals surface area contributed by atoms with Gasteiger partial charge in [0.25, 0.3) is 0 Å². The van der Waals surface area contributed by atoms with Crippen LogP contribution in [0.2, 0.25) is 0 Å². The van der Waals surface area contributed by atoms with Gasteiger partial charge in [-0.2, -0.15) is 9.90 Å². The standard InChI is InChI=1S/O.H3P.Sr.Ti/h;1H3;;/q-2;;+2;+4. The van der Waals surface area contributed by atoms with Gasteiger partial charge in [0, 0.05) is 0 Å². The second-order valence-electron chi connectivity index (χ2n) is 0. The third-order valence-corrected chi connectivity index (χ3v) is 0. The Hall–Kier alpha value is 2.58. The van der Waals surface area contributed by atoms with Crippen LogP contribution in [-0.2, 0) is 27.2 Å². The minimum Gasteiger partial charge on any atom is -2.00 e. The molecule has 4 heavy (non-hydrogen) atoms. The molecule has 0 aromatic heterocycles. The molecule has 0 aliphatic rings. The Balaban J connectivity index is 0. The van der Waals surface area contributed by atoms with Crippen molar-refractivity contribution < 1.29 is 27.2 Å². The van der Waals surface area contributed by atoms with Gasteiger partial charge in [0.2, 0.25) is 0 Å². The molecule has 0 aliphatic carbocycles. The maximum absolute atomic E-state index is 0. The quantitative estimate of drug-likeness (QED) is 0.362. The van der Waals surface area contributed by atoms with E-state index in [-0.39, 0.29) is 82.6 Å². The first kappa shape index (κ1) is 30.7. The van der Waals surface area contributed by atoms with E-state index in [0.717, 1.165) is 0 Å². The molecule has 0 aliphatic heterocycles. The molecule has 0 saturated heterocycles. The molecule has 0 fully saturated rings. The van der Waals surface area contributed by atoms with E-state index in [1.807, 2.05) is 0 Å². The van der Waals surface area contributed by atoms with Crippen molar-refractivity contribution in [2.75, 3.05) is 0 Å². The third-order valence-electron chi connectivity index (χ3n) is 0. The van der Waals surface area contributed by atoms with Crippen molar-refractivity contribution in [3.8, 4) is 0 Å². The zero-order chi connectivity index (χ0) is 0. The van der Waals surface area contributed by atoms with Gasteiger partial charge in [-0.25, -0.2) is 0 Å². The molecule has 0 saturated carbocycles. The Labute approximate surface area is 81.0 Å². The molecule has 4 heteroatoms. The van der Waals surface area contributed by atoms with E-state index in [9.17, 15) is 0 Å². The largest absolute Gasteiger partial charge is 4.00 e. The normalized spacial score (nSPS) is 0. The van der Waals surface area contributed by atoms with Crippen LogP contribution in [0.25, 0.3) is 0 Å². The van der Waals surface area contributed by atoms with Gasteiger partial charge >= 0.3 is 67.2 Å². The van der Waals surface area contributed by atoms with Crippen LogP contribution in [0.1, 0.15) is 0 Å². The fourth-order valence-corrected chi connectivity index (χ4v) is 0. The number of rotatable bonds is 0. The summed E-state index contributed by atoms with van der Waals surface area (Å²) in [7, 11) is 0. The maximum atomic E-state index is 0. The van der Waals surface area contributed by atoms with Crippen molar-refractivity contribution in [2.24, 2.45) is 0 Å². The van der Waals surface area contributed by atoms with E-state index in [4.69, 9.17) is 0 Å². The molecular weight excluding hydrogens is 182 g/mol. The summed E-state index contributed by atoms with van der Waals surface area (Å²) in [6.45, 7) is 0.